The summed E-state index contributed by atoms with van der Waals surface area (Å²) in [6.45, 7) is 2.16. The van der Waals surface area contributed by atoms with Crippen LogP contribution in [0.5, 0.6) is 0 Å². The van der Waals surface area contributed by atoms with Crippen molar-refractivity contribution in [3.63, 3.8) is 0 Å². The van der Waals surface area contributed by atoms with E-state index in [2.05, 4.69) is 15.2 Å². The summed E-state index contributed by atoms with van der Waals surface area (Å²) in [5.74, 6) is 1.00. The van der Waals surface area contributed by atoms with Crippen LogP contribution in [-0.2, 0) is 11.2 Å². The Morgan fingerprint density at radius 1 is 1.30 bits per heavy atom. The quantitative estimate of drug-likeness (QED) is 0.940. The number of rotatable bonds is 4. The highest BCUT2D eigenvalue weighted by molar-refractivity contribution is 7.10. The first-order valence-electron chi connectivity index (χ1n) is 6.84. The fraction of sp³-hybridized carbons (Fsp3) is 0.333. The molecule has 0 radical (unpaired) electrons. The lowest BCUT2D eigenvalue weighted by atomic mass is 10.3. The summed E-state index contributed by atoms with van der Waals surface area (Å²) >= 11 is 1.60. The lowest BCUT2D eigenvalue weighted by molar-refractivity contribution is -0.115. The van der Waals surface area contributed by atoms with Gasteiger partial charge in [0, 0.05) is 18.0 Å². The first-order valence-corrected chi connectivity index (χ1v) is 7.72. The number of carbonyl (C=O) groups is 1. The molecule has 0 bridgehead atoms. The summed E-state index contributed by atoms with van der Waals surface area (Å²) in [5.41, 5.74) is 0.759. The molecule has 3 rings (SSSR count). The molecule has 4 nitrogen and oxygen atoms in total. The normalized spacial score (nSPS) is 14.5. The van der Waals surface area contributed by atoms with Gasteiger partial charge in [-0.3, -0.25) is 4.79 Å². The minimum atomic E-state index is 0.00294. The van der Waals surface area contributed by atoms with Gasteiger partial charge in [0.05, 0.1) is 18.3 Å². The van der Waals surface area contributed by atoms with Crippen molar-refractivity contribution in [3.8, 4) is 0 Å². The van der Waals surface area contributed by atoms with Crippen LogP contribution in [0.2, 0.25) is 0 Å². The molecule has 1 aliphatic heterocycles. The summed E-state index contributed by atoms with van der Waals surface area (Å²) in [6.07, 6.45) is 4.63. The maximum Gasteiger partial charge on any atom is 0.229 e. The summed E-state index contributed by atoms with van der Waals surface area (Å²) in [6, 6.07) is 7.83. The average Bonchev–Trinajstić information content (AvgIpc) is 3.12. The molecular formula is C15H17N3OS. The van der Waals surface area contributed by atoms with Crippen molar-refractivity contribution in [2.75, 3.05) is 23.3 Å². The van der Waals surface area contributed by atoms with Gasteiger partial charge in [0.15, 0.2) is 0 Å². The molecule has 2 aromatic heterocycles. The van der Waals surface area contributed by atoms with Crippen molar-refractivity contribution < 1.29 is 4.79 Å². The standard InChI is InChI=1S/C15H17N3OS/c19-15(10-13-4-3-9-20-13)17-12-5-6-14(16-11-12)18-7-1-2-8-18/h3-6,9,11H,1-2,7-8,10H2,(H,17,19). The topological polar surface area (TPSA) is 45.2 Å². The predicted molar refractivity (Wildman–Crippen MR) is 82.3 cm³/mol. The number of pyridine rings is 1. The highest BCUT2D eigenvalue weighted by Crippen LogP contribution is 2.19. The lowest BCUT2D eigenvalue weighted by Gasteiger charge is -2.16. The molecule has 3 heterocycles. The number of carbonyl (C=O) groups excluding carboxylic acids is 1. The van der Waals surface area contributed by atoms with Crippen molar-refractivity contribution in [2.24, 2.45) is 0 Å². The summed E-state index contributed by atoms with van der Waals surface area (Å²) in [4.78, 5) is 19.7. The Morgan fingerprint density at radius 2 is 2.15 bits per heavy atom. The second kappa shape index (κ2) is 6.05. The third-order valence-electron chi connectivity index (χ3n) is 3.38. The molecule has 1 saturated heterocycles. The molecule has 0 aromatic carbocycles. The molecule has 1 fully saturated rings. The largest absolute Gasteiger partial charge is 0.357 e. The van der Waals surface area contributed by atoms with Crippen LogP contribution in [0.4, 0.5) is 11.5 Å². The van der Waals surface area contributed by atoms with Gasteiger partial charge < -0.3 is 10.2 Å². The molecule has 2 aromatic rings. The number of nitrogens with zero attached hydrogens (tertiary/aromatic N) is 2. The van der Waals surface area contributed by atoms with Gasteiger partial charge in [-0.05, 0) is 36.4 Å². The van der Waals surface area contributed by atoms with E-state index >= 15 is 0 Å². The Bertz CT molecular complexity index is 559. The number of hydrogen-bond acceptors (Lipinski definition) is 4. The van der Waals surface area contributed by atoms with E-state index in [9.17, 15) is 4.79 Å². The number of anilines is 2. The second-order valence-electron chi connectivity index (χ2n) is 4.90. The zero-order valence-electron chi connectivity index (χ0n) is 11.2. The molecule has 104 valence electrons. The van der Waals surface area contributed by atoms with Gasteiger partial charge in [0.2, 0.25) is 5.91 Å². The maximum atomic E-state index is 11.9. The van der Waals surface area contributed by atoms with Crippen LogP contribution in [-0.4, -0.2) is 24.0 Å². The van der Waals surface area contributed by atoms with Crippen molar-refractivity contribution in [3.05, 3.63) is 40.7 Å². The van der Waals surface area contributed by atoms with Crippen LogP contribution in [0.1, 0.15) is 17.7 Å². The third-order valence-corrected chi connectivity index (χ3v) is 4.25. The minimum absolute atomic E-state index is 0.00294. The number of amides is 1. The molecule has 1 N–H and O–H groups in total. The SMILES string of the molecule is O=C(Cc1cccs1)Nc1ccc(N2CCCC2)nc1. The number of nitrogens with one attached hydrogen (secondary N) is 1. The van der Waals surface area contributed by atoms with Crippen LogP contribution < -0.4 is 10.2 Å². The van der Waals surface area contributed by atoms with Crippen LogP contribution >= 0.6 is 11.3 Å². The molecule has 1 aliphatic rings. The molecule has 5 heteroatoms. The maximum absolute atomic E-state index is 11.9. The molecular weight excluding hydrogens is 270 g/mol. The van der Waals surface area contributed by atoms with E-state index in [4.69, 9.17) is 0 Å². The van der Waals surface area contributed by atoms with Crippen LogP contribution in [0, 0.1) is 0 Å². The molecule has 20 heavy (non-hydrogen) atoms. The van der Waals surface area contributed by atoms with E-state index in [1.54, 1.807) is 17.5 Å². The monoisotopic (exact) mass is 287 g/mol. The van der Waals surface area contributed by atoms with Gasteiger partial charge in [-0.15, -0.1) is 11.3 Å². The fourth-order valence-electron chi connectivity index (χ4n) is 2.37. The zero-order valence-corrected chi connectivity index (χ0v) is 12.0. The van der Waals surface area contributed by atoms with Crippen molar-refractivity contribution in [1.29, 1.82) is 0 Å². The van der Waals surface area contributed by atoms with E-state index < -0.39 is 0 Å². The Hall–Kier alpha value is -1.88. The molecule has 0 atom stereocenters. The van der Waals surface area contributed by atoms with Gasteiger partial charge >= 0.3 is 0 Å². The highest BCUT2D eigenvalue weighted by Gasteiger charge is 2.13. The van der Waals surface area contributed by atoms with Gasteiger partial charge in [-0.1, -0.05) is 6.07 Å². The molecule has 0 aliphatic carbocycles. The van der Waals surface area contributed by atoms with Crippen molar-refractivity contribution in [2.45, 2.75) is 19.3 Å². The van der Waals surface area contributed by atoms with Gasteiger partial charge in [0.1, 0.15) is 5.82 Å². The smallest absolute Gasteiger partial charge is 0.229 e. The summed E-state index contributed by atoms with van der Waals surface area (Å²) < 4.78 is 0. The van der Waals surface area contributed by atoms with E-state index in [1.807, 2.05) is 29.6 Å². The minimum Gasteiger partial charge on any atom is -0.357 e. The van der Waals surface area contributed by atoms with Crippen molar-refractivity contribution >= 4 is 28.7 Å². The van der Waals surface area contributed by atoms with E-state index in [0.717, 1.165) is 29.5 Å². The molecule has 0 saturated carbocycles. The van der Waals surface area contributed by atoms with Crippen molar-refractivity contribution in [1.82, 2.24) is 4.98 Å². The third kappa shape index (κ3) is 3.17. The zero-order chi connectivity index (χ0) is 13.8. The van der Waals surface area contributed by atoms with E-state index in [0.29, 0.717) is 6.42 Å². The van der Waals surface area contributed by atoms with E-state index in [-0.39, 0.29) is 5.91 Å². The predicted octanol–water partition coefficient (Wildman–Crippen LogP) is 2.92. The van der Waals surface area contributed by atoms with Crippen LogP contribution in [0.15, 0.2) is 35.8 Å². The second-order valence-corrected chi connectivity index (χ2v) is 5.94. The highest BCUT2D eigenvalue weighted by atomic mass is 32.1. The van der Waals surface area contributed by atoms with Gasteiger partial charge in [-0.2, -0.15) is 0 Å². The molecule has 0 unspecified atom stereocenters. The van der Waals surface area contributed by atoms with Crippen LogP contribution in [0.3, 0.4) is 0 Å². The number of thiophene rings is 1. The fourth-order valence-corrected chi connectivity index (χ4v) is 3.07. The van der Waals surface area contributed by atoms with Gasteiger partial charge in [-0.25, -0.2) is 4.98 Å². The average molecular weight is 287 g/mol. The van der Waals surface area contributed by atoms with Gasteiger partial charge in [0.25, 0.3) is 0 Å². The first kappa shape index (κ1) is 13.1. The number of aromatic nitrogens is 1. The molecule has 1 amide bonds. The Balaban J connectivity index is 1.58. The Labute approximate surface area is 122 Å². The Morgan fingerprint density at radius 3 is 2.80 bits per heavy atom. The summed E-state index contributed by atoms with van der Waals surface area (Å²) in [5, 5.41) is 4.87. The molecule has 0 spiro atoms. The first-order chi connectivity index (χ1) is 9.81. The Kier molecular flexibility index (Phi) is 3.97. The summed E-state index contributed by atoms with van der Waals surface area (Å²) in [7, 11) is 0. The van der Waals surface area contributed by atoms with E-state index in [1.165, 1.54) is 12.8 Å². The lowest BCUT2D eigenvalue weighted by Crippen LogP contribution is -2.19. The number of hydrogen-bond donors (Lipinski definition) is 1. The van der Waals surface area contributed by atoms with Crippen LogP contribution in [0.25, 0.3) is 0 Å².